The van der Waals surface area contributed by atoms with Gasteiger partial charge in [0.25, 0.3) is 0 Å². The third-order valence-corrected chi connectivity index (χ3v) is 3.27. The highest BCUT2D eigenvalue weighted by molar-refractivity contribution is 9.10. The number of benzene rings is 1. The van der Waals surface area contributed by atoms with Crippen LogP contribution >= 0.6 is 15.9 Å². The predicted octanol–water partition coefficient (Wildman–Crippen LogP) is 4.11. The highest BCUT2D eigenvalue weighted by atomic mass is 79.9. The maximum Gasteiger partial charge on any atom is 0.417 e. The zero-order valence-electron chi connectivity index (χ0n) is 9.00. The van der Waals surface area contributed by atoms with Crippen LogP contribution in [0.3, 0.4) is 0 Å². The van der Waals surface area contributed by atoms with Gasteiger partial charge in [-0.1, -0.05) is 18.2 Å². The molecule has 0 fully saturated rings. The number of pyridine rings is 1. The molecule has 0 aliphatic carbocycles. The van der Waals surface area contributed by atoms with Crippen LogP contribution in [0.1, 0.15) is 5.56 Å². The second-order valence-electron chi connectivity index (χ2n) is 3.60. The minimum atomic E-state index is -4.41. The van der Waals surface area contributed by atoms with Gasteiger partial charge in [-0.05, 0) is 33.6 Å². The van der Waals surface area contributed by atoms with Crippen LogP contribution in [0.5, 0.6) is 0 Å². The summed E-state index contributed by atoms with van der Waals surface area (Å²) >= 11 is 3.16. The number of halogens is 4. The Bertz CT molecular complexity index is 582. The molecule has 0 aliphatic heterocycles. The number of hydrogen-bond donors (Lipinski definition) is 1. The first kappa shape index (κ1) is 12.9. The van der Waals surface area contributed by atoms with Gasteiger partial charge in [0.05, 0.1) is 10.0 Å². The van der Waals surface area contributed by atoms with Crippen LogP contribution in [0, 0.1) is 0 Å². The maximum atomic E-state index is 12.9. The van der Waals surface area contributed by atoms with Crippen molar-refractivity contribution >= 4 is 21.7 Å². The molecular formula is C12H8BrF3N2. The monoisotopic (exact) mass is 316 g/mol. The van der Waals surface area contributed by atoms with E-state index in [2.05, 4.69) is 20.9 Å². The zero-order chi connectivity index (χ0) is 13.3. The Balaban J connectivity index is 2.69. The normalized spacial score (nSPS) is 11.6. The smallest absolute Gasteiger partial charge is 0.383 e. The number of nitrogens with two attached hydrogens (primary N) is 1. The molecule has 2 N–H and O–H groups in total. The fourth-order valence-corrected chi connectivity index (χ4v) is 2.08. The molecule has 2 nitrogen and oxygen atoms in total. The summed E-state index contributed by atoms with van der Waals surface area (Å²) in [5, 5.41) is 0. The summed E-state index contributed by atoms with van der Waals surface area (Å²) in [6.07, 6.45) is -3.03. The van der Waals surface area contributed by atoms with Gasteiger partial charge >= 0.3 is 6.18 Å². The van der Waals surface area contributed by atoms with E-state index in [9.17, 15) is 13.2 Å². The standard InChI is InChI=1S/C12H8BrF3N2/c13-10-8(5-6-18-11(10)17)7-3-1-2-4-9(7)12(14,15)16/h1-6H,(H2,17,18). The Morgan fingerprint density at radius 3 is 2.39 bits per heavy atom. The first-order valence-electron chi connectivity index (χ1n) is 4.98. The van der Waals surface area contributed by atoms with E-state index in [0.29, 0.717) is 10.0 Å². The van der Waals surface area contributed by atoms with Gasteiger partial charge in [0.1, 0.15) is 5.82 Å². The summed E-state index contributed by atoms with van der Waals surface area (Å²) in [5.41, 5.74) is 5.33. The largest absolute Gasteiger partial charge is 0.417 e. The van der Waals surface area contributed by atoms with Crippen molar-refractivity contribution in [2.24, 2.45) is 0 Å². The Labute approximate surface area is 110 Å². The van der Waals surface area contributed by atoms with E-state index in [1.807, 2.05) is 0 Å². The molecule has 1 aromatic heterocycles. The van der Waals surface area contributed by atoms with Crippen LogP contribution in [0.25, 0.3) is 11.1 Å². The molecule has 2 rings (SSSR count). The topological polar surface area (TPSA) is 38.9 Å². The van der Waals surface area contributed by atoms with Crippen LogP contribution in [0.4, 0.5) is 19.0 Å². The van der Waals surface area contributed by atoms with Gasteiger partial charge in [-0.25, -0.2) is 4.98 Å². The van der Waals surface area contributed by atoms with Crippen LogP contribution in [-0.2, 0) is 6.18 Å². The lowest BCUT2D eigenvalue weighted by molar-refractivity contribution is -0.137. The molecule has 0 aliphatic rings. The highest BCUT2D eigenvalue weighted by Crippen LogP contribution is 2.40. The Kier molecular flexibility index (Phi) is 3.30. The van der Waals surface area contributed by atoms with Crippen molar-refractivity contribution in [1.29, 1.82) is 0 Å². The second-order valence-corrected chi connectivity index (χ2v) is 4.39. The van der Waals surface area contributed by atoms with Crippen molar-refractivity contribution in [3.05, 3.63) is 46.6 Å². The highest BCUT2D eigenvalue weighted by Gasteiger charge is 2.33. The molecule has 2 aromatic rings. The van der Waals surface area contributed by atoms with Gasteiger partial charge < -0.3 is 5.73 Å². The summed E-state index contributed by atoms with van der Waals surface area (Å²) in [6.45, 7) is 0. The fraction of sp³-hybridized carbons (Fsp3) is 0.0833. The molecule has 0 spiro atoms. The number of nitrogens with zero attached hydrogens (tertiary/aromatic N) is 1. The van der Waals surface area contributed by atoms with Crippen LogP contribution in [-0.4, -0.2) is 4.98 Å². The van der Waals surface area contributed by atoms with Crippen LogP contribution in [0.15, 0.2) is 41.0 Å². The number of aromatic nitrogens is 1. The molecular weight excluding hydrogens is 309 g/mol. The Hall–Kier alpha value is -1.56. The molecule has 0 bridgehead atoms. The minimum Gasteiger partial charge on any atom is -0.383 e. The van der Waals surface area contributed by atoms with Gasteiger partial charge in [-0.2, -0.15) is 13.2 Å². The third kappa shape index (κ3) is 2.33. The van der Waals surface area contributed by atoms with E-state index in [0.717, 1.165) is 6.07 Å². The van der Waals surface area contributed by atoms with Crippen molar-refractivity contribution in [2.75, 3.05) is 5.73 Å². The van der Waals surface area contributed by atoms with Crippen LogP contribution in [0.2, 0.25) is 0 Å². The first-order chi connectivity index (χ1) is 8.41. The molecule has 0 radical (unpaired) electrons. The van der Waals surface area contributed by atoms with Crippen molar-refractivity contribution in [1.82, 2.24) is 4.98 Å². The summed E-state index contributed by atoms with van der Waals surface area (Å²) in [6, 6.07) is 6.84. The third-order valence-electron chi connectivity index (χ3n) is 2.44. The molecule has 0 amide bonds. The Morgan fingerprint density at radius 2 is 1.72 bits per heavy atom. The lowest BCUT2D eigenvalue weighted by Gasteiger charge is -2.14. The van der Waals surface area contributed by atoms with Crippen molar-refractivity contribution in [2.45, 2.75) is 6.18 Å². The fourth-order valence-electron chi connectivity index (χ4n) is 1.63. The second kappa shape index (κ2) is 4.61. The van der Waals surface area contributed by atoms with E-state index in [4.69, 9.17) is 5.73 Å². The summed E-state index contributed by atoms with van der Waals surface area (Å²) < 4.78 is 39.1. The van der Waals surface area contributed by atoms with E-state index >= 15 is 0 Å². The van der Waals surface area contributed by atoms with E-state index in [1.165, 1.54) is 24.4 Å². The minimum absolute atomic E-state index is 0.0750. The summed E-state index contributed by atoms with van der Waals surface area (Å²) in [7, 11) is 0. The lowest BCUT2D eigenvalue weighted by Crippen LogP contribution is -2.07. The lowest BCUT2D eigenvalue weighted by atomic mass is 10.0. The molecule has 1 aromatic carbocycles. The number of hydrogen-bond acceptors (Lipinski definition) is 2. The molecule has 0 unspecified atom stereocenters. The average Bonchev–Trinajstić information content (AvgIpc) is 2.32. The van der Waals surface area contributed by atoms with E-state index in [-0.39, 0.29) is 11.4 Å². The first-order valence-corrected chi connectivity index (χ1v) is 5.77. The SMILES string of the molecule is Nc1nccc(-c2ccccc2C(F)(F)F)c1Br. The van der Waals surface area contributed by atoms with Gasteiger partial charge in [0.2, 0.25) is 0 Å². The molecule has 0 saturated carbocycles. The number of alkyl halides is 3. The van der Waals surface area contributed by atoms with E-state index < -0.39 is 11.7 Å². The zero-order valence-corrected chi connectivity index (χ0v) is 10.6. The van der Waals surface area contributed by atoms with Crippen molar-refractivity contribution < 1.29 is 13.2 Å². The number of rotatable bonds is 1. The van der Waals surface area contributed by atoms with Gasteiger partial charge in [0.15, 0.2) is 0 Å². The van der Waals surface area contributed by atoms with Crippen LogP contribution < -0.4 is 5.73 Å². The molecule has 0 saturated heterocycles. The summed E-state index contributed by atoms with van der Waals surface area (Å²) in [4.78, 5) is 3.81. The average molecular weight is 317 g/mol. The Morgan fingerprint density at radius 1 is 1.06 bits per heavy atom. The quantitative estimate of drug-likeness (QED) is 0.859. The molecule has 6 heteroatoms. The van der Waals surface area contributed by atoms with E-state index in [1.54, 1.807) is 6.07 Å². The van der Waals surface area contributed by atoms with Gasteiger partial charge in [-0.3, -0.25) is 0 Å². The predicted molar refractivity (Wildman–Crippen MR) is 66.8 cm³/mol. The number of anilines is 1. The van der Waals surface area contributed by atoms with Crippen molar-refractivity contribution in [3.8, 4) is 11.1 Å². The number of nitrogen functional groups attached to an aromatic ring is 1. The maximum absolute atomic E-state index is 12.9. The molecule has 94 valence electrons. The molecule has 1 heterocycles. The van der Waals surface area contributed by atoms with Gasteiger partial charge in [-0.15, -0.1) is 0 Å². The van der Waals surface area contributed by atoms with Gasteiger partial charge in [0, 0.05) is 11.8 Å². The molecule has 0 atom stereocenters. The molecule has 18 heavy (non-hydrogen) atoms. The van der Waals surface area contributed by atoms with Crippen molar-refractivity contribution in [3.63, 3.8) is 0 Å². The summed E-state index contributed by atoms with van der Waals surface area (Å²) in [5.74, 6) is 0.157.